The van der Waals surface area contributed by atoms with E-state index in [-0.39, 0.29) is 18.2 Å². The number of carbonyl (C=O) groups is 1. The van der Waals surface area contributed by atoms with Crippen LogP contribution in [0.5, 0.6) is 0 Å². The minimum atomic E-state index is -0.181. The predicted molar refractivity (Wildman–Crippen MR) is 77.5 cm³/mol. The molecule has 20 heavy (non-hydrogen) atoms. The Balaban J connectivity index is 1.64. The molecule has 2 rings (SSSR count). The smallest absolute Gasteiger partial charge is 0.315 e. The Kier molecular flexibility index (Phi) is 6.10. The van der Waals surface area contributed by atoms with Crippen molar-refractivity contribution in [3.63, 3.8) is 0 Å². The summed E-state index contributed by atoms with van der Waals surface area (Å²) < 4.78 is 5.34. The van der Waals surface area contributed by atoms with E-state index in [0.29, 0.717) is 18.4 Å². The Bertz CT molecular complexity index is 305. The molecule has 0 spiro atoms. The van der Waals surface area contributed by atoms with Crippen molar-refractivity contribution in [1.29, 1.82) is 0 Å². The average molecular weight is 284 g/mol. The number of nitrogens with one attached hydrogen (secondary N) is 2. The lowest BCUT2D eigenvalue weighted by Gasteiger charge is -2.29. The highest BCUT2D eigenvalue weighted by molar-refractivity contribution is 5.74. The summed E-state index contributed by atoms with van der Waals surface area (Å²) in [4.78, 5) is 11.9. The van der Waals surface area contributed by atoms with Gasteiger partial charge in [0.1, 0.15) is 0 Å². The molecule has 116 valence electrons. The Hall–Kier alpha value is -0.810. The lowest BCUT2D eigenvalue weighted by atomic mass is 9.87. The van der Waals surface area contributed by atoms with Crippen molar-refractivity contribution in [3.8, 4) is 0 Å². The van der Waals surface area contributed by atoms with E-state index in [9.17, 15) is 9.90 Å². The molecule has 3 unspecified atom stereocenters. The first-order valence-corrected chi connectivity index (χ1v) is 7.95. The van der Waals surface area contributed by atoms with Gasteiger partial charge in [0.15, 0.2) is 0 Å². The zero-order chi connectivity index (χ0) is 14.4. The quantitative estimate of drug-likeness (QED) is 0.735. The van der Waals surface area contributed by atoms with Gasteiger partial charge in [-0.1, -0.05) is 6.42 Å². The zero-order valence-electron chi connectivity index (χ0n) is 12.4. The maximum Gasteiger partial charge on any atom is 0.315 e. The van der Waals surface area contributed by atoms with Crippen molar-refractivity contribution in [3.05, 3.63) is 0 Å². The maximum atomic E-state index is 11.9. The molecule has 2 amide bonds. The van der Waals surface area contributed by atoms with Gasteiger partial charge in [-0.05, 0) is 50.9 Å². The molecule has 5 heteroatoms. The van der Waals surface area contributed by atoms with Crippen LogP contribution in [0.25, 0.3) is 0 Å². The number of urea groups is 1. The van der Waals surface area contributed by atoms with Gasteiger partial charge in [-0.25, -0.2) is 4.79 Å². The first kappa shape index (κ1) is 15.6. The van der Waals surface area contributed by atoms with Gasteiger partial charge in [0.25, 0.3) is 0 Å². The van der Waals surface area contributed by atoms with E-state index in [4.69, 9.17) is 4.74 Å². The summed E-state index contributed by atoms with van der Waals surface area (Å²) in [5.41, 5.74) is 0. The van der Waals surface area contributed by atoms with Gasteiger partial charge >= 0.3 is 6.03 Å². The molecule has 0 aromatic carbocycles. The molecule has 0 aromatic rings. The highest BCUT2D eigenvalue weighted by Gasteiger charge is 2.23. The molecule has 0 radical (unpaired) electrons. The van der Waals surface area contributed by atoms with E-state index in [1.807, 2.05) is 0 Å². The molecule has 1 saturated heterocycles. The second-order valence-electron chi connectivity index (χ2n) is 6.28. The molecular weight excluding hydrogens is 256 g/mol. The molecule has 3 atom stereocenters. The van der Waals surface area contributed by atoms with Gasteiger partial charge in [0.05, 0.1) is 6.10 Å². The van der Waals surface area contributed by atoms with Crippen LogP contribution in [0.1, 0.15) is 45.4 Å². The van der Waals surface area contributed by atoms with Crippen LogP contribution in [0.4, 0.5) is 4.79 Å². The van der Waals surface area contributed by atoms with Gasteiger partial charge in [-0.15, -0.1) is 0 Å². The topological polar surface area (TPSA) is 70.6 Å². The van der Waals surface area contributed by atoms with E-state index in [1.54, 1.807) is 0 Å². The van der Waals surface area contributed by atoms with E-state index in [1.165, 1.54) is 0 Å². The van der Waals surface area contributed by atoms with Crippen molar-refractivity contribution >= 4 is 6.03 Å². The normalized spacial score (nSPS) is 29.7. The Morgan fingerprint density at radius 1 is 1.30 bits per heavy atom. The highest BCUT2D eigenvalue weighted by atomic mass is 16.5. The van der Waals surface area contributed by atoms with E-state index >= 15 is 0 Å². The fourth-order valence-corrected chi connectivity index (χ4v) is 3.28. The summed E-state index contributed by atoms with van der Waals surface area (Å²) in [6, 6.07) is 0.111. The number of hydrogen-bond acceptors (Lipinski definition) is 3. The number of aliphatic hydroxyl groups excluding tert-OH is 1. The Labute approximate surface area is 121 Å². The van der Waals surface area contributed by atoms with Crippen LogP contribution >= 0.6 is 0 Å². The number of amides is 2. The summed E-state index contributed by atoms with van der Waals surface area (Å²) in [5.74, 6) is 0.939. The molecule has 0 aromatic heterocycles. The molecule has 2 aliphatic rings. The molecule has 1 aliphatic carbocycles. The van der Waals surface area contributed by atoms with Crippen molar-refractivity contribution in [1.82, 2.24) is 10.6 Å². The van der Waals surface area contributed by atoms with Crippen molar-refractivity contribution < 1.29 is 14.6 Å². The Morgan fingerprint density at radius 2 is 2.05 bits per heavy atom. The second kappa shape index (κ2) is 7.84. The van der Waals surface area contributed by atoms with Crippen LogP contribution < -0.4 is 10.6 Å². The van der Waals surface area contributed by atoms with E-state index < -0.39 is 0 Å². The fraction of sp³-hybridized carbons (Fsp3) is 0.933. The third kappa shape index (κ3) is 4.94. The van der Waals surface area contributed by atoms with Crippen LogP contribution in [-0.4, -0.2) is 43.0 Å². The van der Waals surface area contributed by atoms with Gasteiger partial charge in [-0.2, -0.15) is 0 Å². The van der Waals surface area contributed by atoms with Crippen molar-refractivity contribution in [2.45, 2.75) is 57.6 Å². The fourth-order valence-electron chi connectivity index (χ4n) is 3.28. The predicted octanol–water partition coefficient (Wildman–Crippen LogP) is 1.65. The summed E-state index contributed by atoms with van der Waals surface area (Å²) >= 11 is 0. The van der Waals surface area contributed by atoms with Gasteiger partial charge in [0, 0.05) is 25.8 Å². The summed E-state index contributed by atoms with van der Waals surface area (Å²) in [7, 11) is 0. The van der Waals surface area contributed by atoms with Crippen LogP contribution in [-0.2, 0) is 4.74 Å². The maximum absolute atomic E-state index is 11.9. The van der Waals surface area contributed by atoms with Crippen molar-refractivity contribution in [2.24, 2.45) is 11.8 Å². The summed E-state index contributed by atoms with van der Waals surface area (Å²) in [6.45, 7) is 4.35. The SMILES string of the molecule is CC(NC(=O)NCC1CCCC(O)C1)C1CCOCC1. The highest BCUT2D eigenvalue weighted by Crippen LogP contribution is 2.23. The summed E-state index contributed by atoms with van der Waals surface area (Å²) in [6.07, 6.45) is 5.76. The van der Waals surface area contributed by atoms with Gasteiger partial charge < -0.3 is 20.5 Å². The Morgan fingerprint density at radius 3 is 2.75 bits per heavy atom. The van der Waals surface area contributed by atoms with Gasteiger partial charge in [0.2, 0.25) is 0 Å². The van der Waals surface area contributed by atoms with Crippen LogP contribution in [0.2, 0.25) is 0 Å². The molecule has 1 aliphatic heterocycles. The standard InChI is InChI=1S/C15H28N2O3/c1-11(13-5-7-20-8-6-13)17-15(19)16-10-12-3-2-4-14(18)9-12/h11-14,18H,2-10H2,1H3,(H2,16,17,19). The third-order valence-corrected chi connectivity index (χ3v) is 4.64. The van der Waals surface area contributed by atoms with Gasteiger partial charge in [-0.3, -0.25) is 0 Å². The minimum Gasteiger partial charge on any atom is -0.393 e. The number of rotatable bonds is 4. The molecular formula is C15H28N2O3. The first-order chi connectivity index (χ1) is 9.65. The molecule has 3 N–H and O–H groups in total. The lowest BCUT2D eigenvalue weighted by molar-refractivity contribution is 0.0570. The number of hydrogen-bond donors (Lipinski definition) is 3. The minimum absolute atomic E-state index is 0.0796. The average Bonchev–Trinajstić information content (AvgIpc) is 2.46. The largest absolute Gasteiger partial charge is 0.393 e. The summed E-state index contributed by atoms with van der Waals surface area (Å²) in [5, 5.41) is 15.6. The molecule has 0 bridgehead atoms. The first-order valence-electron chi connectivity index (χ1n) is 7.95. The molecule has 1 saturated carbocycles. The molecule has 2 fully saturated rings. The lowest BCUT2D eigenvalue weighted by Crippen LogP contribution is -2.46. The van der Waals surface area contributed by atoms with Crippen LogP contribution in [0.3, 0.4) is 0 Å². The molecule has 1 heterocycles. The van der Waals surface area contributed by atoms with E-state index in [2.05, 4.69) is 17.6 Å². The van der Waals surface area contributed by atoms with Crippen LogP contribution in [0.15, 0.2) is 0 Å². The number of carbonyl (C=O) groups excluding carboxylic acids is 1. The monoisotopic (exact) mass is 284 g/mol. The number of aliphatic hydroxyl groups is 1. The third-order valence-electron chi connectivity index (χ3n) is 4.64. The second-order valence-corrected chi connectivity index (χ2v) is 6.28. The molecule has 5 nitrogen and oxygen atoms in total. The zero-order valence-corrected chi connectivity index (χ0v) is 12.4. The van der Waals surface area contributed by atoms with Crippen LogP contribution in [0, 0.1) is 11.8 Å². The number of ether oxygens (including phenoxy) is 1. The van der Waals surface area contributed by atoms with E-state index in [0.717, 1.165) is 51.7 Å². The van der Waals surface area contributed by atoms with Crippen molar-refractivity contribution in [2.75, 3.05) is 19.8 Å².